The van der Waals surface area contributed by atoms with Crippen LogP contribution in [0.3, 0.4) is 0 Å². The van der Waals surface area contributed by atoms with E-state index in [1.165, 1.54) is 11.1 Å². The van der Waals surface area contributed by atoms with Crippen molar-refractivity contribution in [2.75, 3.05) is 6.54 Å². The van der Waals surface area contributed by atoms with Gasteiger partial charge in [-0.3, -0.25) is 4.68 Å². The summed E-state index contributed by atoms with van der Waals surface area (Å²) in [5, 5.41) is 10.6. The van der Waals surface area contributed by atoms with Gasteiger partial charge in [-0.15, -0.1) is 24.0 Å². The molecule has 0 fully saturated rings. The molecule has 6 nitrogen and oxygen atoms in total. The highest BCUT2D eigenvalue weighted by Crippen LogP contribution is 2.16. The van der Waals surface area contributed by atoms with Gasteiger partial charge in [0.15, 0.2) is 5.96 Å². The average Bonchev–Trinajstić information content (AvgIpc) is 2.89. The van der Waals surface area contributed by atoms with Gasteiger partial charge >= 0.3 is 0 Å². The van der Waals surface area contributed by atoms with Crippen LogP contribution in [0, 0.1) is 6.92 Å². The van der Waals surface area contributed by atoms with E-state index in [0.717, 1.165) is 22.8 Å². The molecule has 0 radical (unpaired) electrons. The fourth-order valence-electron chi connectivity index (χ4n) is 1.99. The van der Waals surface area contributed by atoms with Gasteiger partial charge in [-0.1, -0.05) is 22.0 Å². The number of benzene rings is 1. The molecule has 0 aliphatic carbocycles. The van der Waals surface area contributed by atoms with Crippen molar-refractivity contribution in [3.8, 4) is 0 Å². The van der Waals surface area contributed by atoms with Crippen molar-refractivity contribution < 1.29 is 0 Å². The van der Waals surface area contributed by atoms with Crippen molar-refractivity contribution in [3.05, 3.63) is 46.0 Å². The van der Waals surface area contributed by atoms with Crippen LogP contribution >= 0.6 is 39.9 Å². The smallest absolute Gasteiger partial charge is 0.191 e. The Morgan fingerprint density at radius 2 is 2.13 bits per heavy atom. The first-order chi connectivity index (χ1) is 10.6. The molecule has 2 rings (SSSR count). The zero-order chi connectivity index (χ0) is 15.9. The van der Waals surface area contributed by atoms with Crippen LogP contribution in [-0.2, 0) is 20.1 Å². The molecule has 0 spiro atoms. The molecule has 1 aromatic heterocycles. The van der Waals surface area contributed by atoms with Gasteiger partial charge in [0.25, 0.3) is 0 Å². The standard InChI is InChI=1S/C15H21BrN6.HI/c1-4-17-15(19-9-14-20-10-21-22(14)3)18-8-12-5-6-13(16)7-11(12)2;/h5-7,10H,4,8-9H2,1-3H3,(H2,17,18,19);1H. The van der Waals surface area contributed by atoms with E-state index in [-0.39, 0.29) is 24.0 Å². The number of aryl methyl sites for hydroxylation is 2. The molecule has 0 aliphatic heterocycles. The Labute approximate surface area is 162 Å². The highest BCUT2D eigenvalue weighted by Gasteiger charge is 2.03. The molecule has 0 unspecified atom stereocenters. The number of hydrogen-bond donors (Lipinski definition) is 2. The zero-order valence-electron chi connectivity index (χ0n) is 13.5. The molecule has 23 heavy (non-hydrogen) atoms. The van der Waals surface area contributed by atoms with Crippen molar-refractivity contribution in [2.45, 2.75) is 26.9 Å². The normalized spacial score (nSPS) is 11.0. The summed E-state index contributed by atoms with van der Waals surface area (Å²) in [5.74, 6) is 1.64. The van der Waals surface area contributed by atoms with Crippen LogP contribution in [0.25, 0.3) is 0 Å². The summed E-state index contributed by atoms with van der Waals surface area (Å²) in [5.41, 5.74) is 2.43. The third-order valence-electron chi connectivity index (χ3n) is 3.28. The minimum Gasteiger partial charge on any atom is -0.357 e. The van der Waals surface area contributed by atoms with E-state index in [4.69, 9.17) is 0 Å². The molecule has 0 atom stereocenters. The maximum Gasteiger partial charge on any atom is 0.191 e. The van der Waals surface area contributed by atoms with E-state index >= 15 is 0 Å². The largest absolute Gasteiger partial charge is 0.357 e. The second kappa shape index (κ2) is 9.86. The molecule has 2 aromatic rings. The van der Waals surface area contributed by atoms with Gasteiger partial charge in [-0.05, 0) is 37.1 Å². The summed E-state index contributed by atoms with van der Waals surface area (Å²) < 4.78 is 2.83. The van der Waals surface area contributed by atoms with Crippen LogP contribution in [0.1, 0.15) is 23.9 Å². The van der Waals surface area contributed by atoms with E-state index in [1.54, 1.807) is 11.0 Å². The fraction of sp³-hybridized carbons (Fsp3) is 0.400. The van der Waals surface area contributed by atoms with Crippen LogP contribution in [-0.4, -0.2) is 27.3 Å². The summed E-state index contributed by atoms with van der Waals surface area (Å²) in [4.78, 5) is 8.82. The van der Waals surface area contributed by atoms with E-state index < -0.39 is 0 Å². The Kier molecular flexibility index (Phi) is 8.53. The predicted molar refractivity (Wildman–Crippen MR) is 107 cm³/mol. The summed E-state index contributed by atoms with van der Waals surface area (Å²) in [7, 11) is 1.87. The Morgan fingerprint density at radius 3 is 2.74 bits per heavy atom. The zero-order valence-corrected chi connectivity index (χ0v) is 17.4. The third-order valence-corrected chi connectivity index (χ3v) is 3.77. The molecular weight excluding hydrogens is 471 g/mol. The maximum atomic E-state index is 4.62. The first-order valence-electron chi connectivity index (χ1n) is 7.20. The van der Waals surface area contributed by atoms with Gasteiger partial charge in [0.1, 0.15) is 12.2 Å². The number of aliphatic imine (C=N–C) groups is 1. The lowest BCUT2D eigenvalue weighted by Gasteiger charge is -2.11. The Hall–Kier alpha value is -1.16. The first kappa shape index (κ1) is 19.9. The molecule has 0 saturated carbocycles. The van der Waals surface area contributed by atoms with Crippen LogP contribution in [0.2, 0.25) is 0 Å². The summed E-state index contributed by atoms with van der Waals surface area (Å²) in [6.45, 7) is 6.17. The third kappa shape index (κ3) is 6.09. The quantitative estimate of drug-likeness (QED) is 0.382. The molecule has 8 heteroatoms. The lowest BCUT2D eigenvalue weighted by molar-refractivity contribution is 0.673. The molecule has 0 aliphatic rings. The van der Waals surface area contributed by atoms with Crippen molar-refractivity contribution in [1.29, 1.82) is 0 Å². The van der Waals surface area contributed by atoms with E-state index in [0.29, 0.717) is 13.1 Å². The predicted octanol–water partition coefficient (Wildman–Crippen LogP) is 2.76. The second-order valence-electron chi connectivity index (χ2n) is 4.92. The first-order valence-corrected chi connectivity index (χ1v) is 7.99. The number of halogens is 2. The minimum atomic E-state index is 0. The number of nitrogens with zero attached hydrogens (tertiary/aromatic N) is 4. The monoisotopic (exact) mass is 492 g/mol. The van der Waals surface area contributed by atoms with E-state index in [2.05, 4.69) is 60.7 Å². The van der Waals surface area contributed by atoms with E-state index in [1.807, 2.05) is 20.0 Å². The summed E-state index contributed by atoms with van der Waals surface area (Å²) in [6, 6.07) is 6.23. The molecule has 0 saturated heterocycles. The van der Waals surface area contributed by atoms with Crippen molar-refractivity contribution in [2.24, 2.45) is 12.0 Å². The van der Waals surface area contributed by atoms with Gasteiger partial charge in [0.2, 0.25) is 0 Å². The summed E-state index contributed by atoms with van der Waals surface area (Å²) in [6.07, 6.45) is 1.55. The van der Waals surface area contributed by atoms with Crippen LogP contribution in [0.4, 0.5) is 0 Å². The van der Waals surface area contributed by atoms with Gasteiger partial charge in [-0.25, -0.2) is 9.98 Å². The van der Waals surface area contributed by atoms with Gasteiger partial charge < -0.3 is 10.6 Å². The van der Waals surface area contributed by atoms with Crippen LogP contribution < -0.4 is 10.6 Å². The molecule has 2 N–H and O–H groups in total. The second-order valence-corrected chi connectivity index (χ2v) is 5.84. The Balaban J connectivity index is 0.00000264. The maximum absolute atomic E-state index is 4.62. The van der Waals surface area contributed by atoms with E-state index in [9.17, 15) is 0 Å². The average molecular weight is 493 g/mol. The van der Waals surface area contributed by atoms with Crippen molar-refractivity contribution in [3.63, 3.8) is 0 Å². The summed E-state index contributed by atoms with van der Waals surface area (Å²) >= 11 is 3.48. The number of guanidine groups is 1. The number of nitrogens with one attached hydrogen (secondary N) is 2. The molecule has 0 amide bonds. The highest BCUT2D eigenvalue weighted by atomic mass is 127. The topological polar surface area (TPSA) is 67.1 Å². The van der Waals surface area contributed by atoms with Gasteiger partial charge in [0, 0.05) is 18.1 Å². The van der Waals surface area contributed by atoms with Crippen LogP contribution in [0.15, 0.2) is 34.0 Å². The van der Waals surface area contributed by atoms with Crippen LogP contribution in [0.5, 0.6) is 0 Å². The fourth-order valence-corrected chi connectivity index (χ4v) is 2.46. The Morgan fingerprint density at radius 1 is 1.35 bits per heavy atom. The van der Waals surface area contributed by atoms with Crippen molar-refractivity contribution in [1.82, 2.24) is 25.4 Å². The lowest BCUT2D eigenvalue weighted by atomic mass is 10.1. The lowest BCUT2D eigenvalue weighted by Crippen LogP contribution is -2.37. The number of aromatic nitrogens is 3. The Bertz CT molecular complexity index is 655. The van der Waals surface area contributed by atoms with Crippen molar-refractivity contribution >= 4 is 45.9 Å². The highest BCUT2D eigenvalue weighted by molar-refractivity contribution is 14.0. The molecule has 0 bridgehead atoms. The number of rotatable bonds is 5. The number of hydrogen-bond acceptors (Lipinski definition) is 3. The van der Waals surface area contributed by atoms with Gasteiger partial charge in [-0.2, -0.15) is 5.10 Å². The molecule has 1 aromatic carbocycles. The molecular formula is C15H22BrIN6. The molecule has 126 valence electrons. The molecule has 1 heterocycles. The SMILES string of the molecule is CCNC(=NCc1ccc(Br)cc1C)NCc1ncnn1C.I. The minimum absolute atomic E-state index is 0. The van der Waals surface area contributed by atoms with Gasteiger partial charge in [0.05, 0.1) is 13.1 Å².